The van der Waals surface area contributed by atoms with E-state index in [1.165, 1.54) is 20.3 Å². The van der Waals surface area contributed by atoms with Gasteiger partial charge in [-0.15, -0.1) is 0 Å². The first-order valence-electron chi connectivity index (χ1n) is 6.11. The van der Waals surface area contributed by atoms with Gasteiger partial charge in [-0.25, -0.2) is 8.78 Å². The molecule has 2 rings (SSSR count). The Morgan fingerprint density at radius 2 is 1.81 bits per heavy atom. The molecule has 2 aromatic carbocycles. The summed E-state index contributed by atoms with van der Waals surface area (Å²) in [6.45, 7) is 0. The van der Waals surface area contributed by atoms with E-state index in [1.54, 1.807) is 18.2 Å². The second kappa shape index (κ2) is 6.41. The topological polar surface area (TPSA) is 44.5 Å². The van der Waals surface area contributed by atoms with Crippen molar-refractivity contribution in [3.63, 3.8) is 0 Å². The highest BCUT2D eigenvalue weighted by atomic mass is 79.9. The number of benzene rings is 2. The zero-order valence-corrected chi connectivity index (χ0v) is 13.1. The SMILES string of the molecule is COc1cccc(C(N)c2c(F)ccc(Br)c2F)c1OC. The summed E-state index contributed by atoms with van der Waals surface area (Å²) in [6, 6.07) is 6.45. The Bertz CT molecular complexity index is 664. The highest BCUT2D eigenvalue weighted by Gasteiger charge is 2.24. The van der Waals surface area contributed by atoms with Gasteiger partial charge in [0.25, 0.3) is 0 Å². The van der Waals surface area contributed by atoms with Gasteiger partial charge in [0, 0.05) is 11.1 Å². The van der Waals surface area contributed by atoms with E-state index in [0.717, 1.165) is 6.07 Å². The van der Waals surface area contributed by atoms with Gasteiger partial charge in [0.05, 0.1) is 24.7 Å². The maximum atomic E-state index is 14.2. The highest BCUT2D eigenvalue weighted by Crippen LogP contribution is 2.38. The Hall–Kier alpha value is -1.66. The number of nitrogens with two attached hydrogens (primary N) is 1. The van der Waals surface area contributed by atoms with Gasteiger partial charge in [0.1, 0.15) is 11.6 Å². The first-order valence-corrected chi connectivity index (χ1v) is 6.90. The van der Waals surface area contributed by atoms with Gasteiger partial charge in [-0.3, -0.25) is 0 Å². The predicted octanol–water partition coefficient (Wildman–Crippen LogP) is 3.79. The zero-order chi connectivity index (χ0) is 15.6. The number of hydrogen-bond acceptors (Lipinski definition) is 3. The molecule has 2 N–H and O–H groups in total. The van der Waals surface area contributed by atoms with Gasteiger partial charge in [-0.1, -0.05) is 12.1 Å². The van der Waals surface area contributed by atoms with E-state index in [9.17, 15) is 8.78 Å². The summed E-state index contributed by atoms with van der Waals surface area (Å²) in [5, 5.41) is 0. The minimum Gasteiger partial charge on any atom is -0.493 e. The van der Waals surface area contributed by atoms with Gasteiger partial charge in [-0.2, -0.15) is 0 Å². The molecule has 0 spiro atoms. The Morgan fingerprint density at radius 3 is 2.43 bits per heavy atom. The molecular weight excluding hydrogens is 344 g/mol. The quantitative estimate of drug-likeness (QED) is 0.846. The maximum Gasteiger partial charge on any atom is 0.165 e. The maximum absolute atomic E-state index is 14.2. The van der Waals surface area contributed by atoms with Crippen molar-refractivity contribution in [2.75, 3.05) is 14.2 Å². The third kappa shape index (κ3) is 2.87. The average Bonchev–Trinajstić information content (AvgIpc) is 2.50. The molecule has 0 aromatic heterocycles. The third-order valence-corrected chi connectivity index (χ3v) is 3.77. The fraction of sp³-hybridized carbons (Fsp3) is 0.200. The minimum absolute atomic E-state index is 0.149. The molecule has 0 bridgehead atoms. The summed E-state index contributed by atoms with van der Waals surface area (Å²) >= 11 is 3.03. The van der Waals surface area contributed by atoms with Crippen LogP contribution in [0.25, 0.3) is 0 Å². The van der Waals surface area contributed by atoms with Crippen molar-refractivity contribution < 1.29 is 18.3 Å². The van der Waals surface area contributed by atoms with Crippen molar-refractivity contribution in [2.24, 2.45) is 5.73 Å². The standard InChI is InChI=1S/C15H14BrF2NO2/c1-20-11-5-3-4-8(15(11)21-2)14(19)12-10(17)7-6-9(16)13(12)18/h3-7,14H,19H2,1-2H3. The summed E-state index contributed by atoms with van der Waals surface area (Å²) in [5.74, 6) is -0.645. The molecule has 0 saturated heterocycles. The first-order chi connectivity index (χ1) is 10.0. The van der Waals surface area contributed by atoms with Crippen LogP contribution >= 0.6 is 15.9 Å². The van der Waals surface area contributed by atoms with Crippen LogP contribution in [0.15, 0.2) is 34.8 Å². The summed E-state index contributed by atoms with van der Waals surface area (Å²) in [7, 11) is 2.93. The molecule has 2 aromatic rings. The molecule has 0 aliphatic rings. The van der Waals surface area contributed by atoms with Gasteiger partial charge < -0.3 is 15.2 Å². The average molecular weight is 358 g/mol. The van der Waals surface area contributed by atoms with Crippen molar-refractivity contribution in [1.82, 2.24) is 0 Å². The van der Waals surface area contributed by atoms with Gasteiger partial charge in [-0.05, 0) is 34.1 Å². The second-order valence-electron chi connectivity index (χ2n) is 4.32. The predicted molar refractivity (Wildman–Crippen MR) is 79.6 cm³/mol. The van der Waals surface area contributed by atoms with Crippen LogP contribution in [0.5, 0.6) is 11.5 Å². The Morgan fingerprint density at radius 1 is 1.10 bits per heavy atom. The molecule has 21 heavy (non-hydrogen) atoms. The van der Waals surface area contributed by atoms with E-state index in [-0.39, 0.29) is 10.0 Å². The zero-order valence-electron chi connectivity index (χ0n) is 11.5. The van der Waals surface area contributed by atoms with Crippen LogP contribution in [-0.4, -0.2) is 14.2 Å². The molecule has 0 heterocycles. The molecule has 0 fully saturated rings. The lowest BCUT2D eigenvalue weighted by molar-refractivity contribution is 0.350. The Balaban J connectivity index is 2.61. The molecule has 3 nitrogen and oxygen atoms in total. The van der Waals surface area contributed by atoms with Crippen LogP contribution in [-0.2, 0) is 0 Å². The van der Waals surface area contributed by atoms with Crippen LogP contribution in [0, 0.1) is 11.6 Å². The summed E-state index contributed by atoms with van der Waals surface area (Å²) in [5.41, 5.74) is 6.26. The number of methoxy groups -OCH3 is 2. The largest absolute Gasteiger partial charge is 0.493 e. The van der Waals surface area contributed by atoms with Crippen LogP contribution in [0.1, 0.15) is 17.2 Å². The van der Waals surface area contributed by atoms with E-state index >= 15 is 0 Å². The lowest BCUT2D eigenvalue weighted by Crippen LogP contribution is -2.17. The highest BCUT2D eigenvalue weighted by molar-refractivity contribution is 9.10. The normalized spacial score (nSPS) is 12.1. The molecule has 6 heteroatoms. The minimum atomic E-state index is -1.02. The van der Waals surface area contributed by atoms with Crippen LogP contribution in [0.4, 0.5) is 8.78 Å². The molecular formula is C15H14BrF2NO2. The third-order valence-electron chi connectivity index (χ3n) is 3.16. The van der Waals surface area contributed by atoms with Gasteiger partial charge >= 0.3 is 0 Å². The second-order valence-corrected chi connectivity index (χ2v) is 5.17. The van der Waals surface area contributed by atoms with E-state index in [4.69, 9.17) is 15.2 Å². The summed E-state index contributed by atoms with van der Waals surface area (Å²) in [6.07, 6.45) is 0. The molecule has 1 unspecified atom stereocenters. The van der Waals surface area contributed by atoms with Crippen molar-refractivity contribution >= 4 is 15.9 Å². The van der Waals surface area contributed by atoms with Gasteiger partial charge in [0.15, 0.2) is 11.5 Å². The van der Waals surface area contributed by atoms with Gasteiger partial charge in [0.2, 0.25) is 0 Å². The summed E-state index contributed by atoms with van der Waals surface area (Å²) < 4.78 is 38.7. The number of ether oxygens (including phenoxy) is 2. The van der Waals surface area contributed by atoms with Crippen molar-refractivity contribution in [3.8, 4) is 11.5 Å². The fourth-order valence-corrected chi connectivity index (χ4v) is 2.49. The molecule has 1 atom stereocenters. The van der Waals surface area contributed by atoms with E-state index < -0.39 is 17.7 Å². The van der Waals surface area contributed by atoms with E-state index in [2.05, 4.69) is 15.9 Å². The Kier molecular flexibility index (Phi) is 4.80. The number of rotatable bonds is 4. The monoisotopic (exact) mass is 357 g/mol. The van der Waals surface area contributed by atoms with E-state index in [1.807, 2.05) is 0 Å². The number of para-hydroxylation sites is 1. The van der Waals surface area contributed by atoms with Crippen LogP contribution in [0.2, 0.25) is 0 Å². The van der Waals surface area contributed by atoms with E-state index in [0.29, 0.717) is 17.1 Å². The van der Waals surface area contributed by atoms with Crippen molar-refractivity contribution in [1.29, 1.82) is 0 Å². The smallest absolute Gasteiger partial charge is 0.165 e. The molecule has 0 saturated carbocycles. The fourth-order valence-electron chi connectivity index (χ4n) is 2.14. The van der Waals surface area contributed by atoms with Crippen molar-refractivity contribution in [3.05, 3.63) is 57.6 Å². The molecule has 0 amide bonds. The number of halogens is 3. The van der Waals surface area contributed by atoms with Crippen LogP contribution in [0.3, 0.4) is 0 Å². The lowest BCUT2D eigenvalue weighted by atomic mass is 9.97. The van der Waals surface area contributed by atoms with Crippen molar-refractivity contribution in [2.45, 2.75) is 6.04 Å². The first kappa shape index (κ1) is 15.7. The molecule has 112 valence electrons. The molecule has 0 aliphatic heterocycles. The molecule has 0 aliphatic carbocycles. The summed E-state index contributed by atoms with van der Waals surface area (Å²) in [4.78, 5) is 0. The number of hydrogen-bond donors (Lipinski definition) is 1. The molecule has 0 radical (unpaired) electrons. The lowest BCUT2D eigenvalue weighted by Gasteiger charge is -2.19. The van der Waals surface area contributed by atoms with Crippen LogP contribution < -0.4 is 15.2 Å². The Labute approximate surface area is 129 Å².